The fourth-order valence-corrected chi connectivity index (χ4v) is 1.82. The van der Waals surface area contributed by atoms with Gasteiger partial charge in [-0.05, 0) is 25.1 Å². The number of thiophene rings is 1. The standard InChI is InChI=1S/C10H14N2S/c1-2-3-6-12-8-10-5-4-9(7-11)13-10/h4-5,12H,2-3,6,8H2,1H3. The average molecular weight is 194 g/mol. The summed E-state index contributed by atoms with van der Waals surface area (Å²) in [5.74, 6) is 0. The molecule has 0 saturated heterocycles. The summed E-state index contributed by atoms with van der Waals surface area (Å²) < 4.78 is 0. The van der Waals surface area contributed by atoms with Crippen LogP contribution in [0, 0.1) is 11.3 Å². The van der Waals surface area contributed by atoms with Crippen molar-refractivity contribution in [2.45, 2.75) is 26.3 Å². The molecule has 0 fully saturated rings. The van der Waals surface area contributed by atoms with E-state index in [4.69, 9.17) is 5.26 Å². The molecule has 0 aliphatic heterocycles. The monoisotopic (exact) mass is 194 g/mol. The van der Waals surface area contributed by atoms with Crippen molar-refractivity contribution in [1.82, 2.24) is 5.32 Å². The molecule has 70 valence electrons. The summed E-state index contributed by atoms with van der Waals surface area (Å²) in [6, 6.07) is 6.03. The third kappa shape index (κ3) is 3.58. The van der Waals surface area contributed by atoms with Gasteiger partial charge in [0.25, 0.3) is 0 Å². The van der Waals surface area contributed by atoms with Gasteiger partial charge in [0.05, 0.1) is 0 Å². The molecule has 0 amide bonds. The zero-order valence-corrected chi connectivity index (χ0v) is 8.66. The Hall–Kier alpha value is -0.850. The van der Waals surface area contributed by atoms with Crippen molar-refractivity contribution < 1.29 is 0 Å². The van der Waals surface area contributed by atoms with E-state index in [0.717, 1.165) is 18.0 Å². The second-order valence-corrected chi connectivity index (χ2v) is 4.08. The van der Waals surface area contributed by atoms with Crippen molar-refractivity contribution in [1.29, 1.82) is 5.26 Å². The predicted octanol–water partition coefficient (Wildman–Crippen LogP) is 2.51. The van der Waals surface area contributed by atoms with Crippen molar-refractivity contribution in [3.63, 3.8) is 0 Å². The molecule has 1 aromatic rings. The van der Waals surface area contributed by atoms with E-state index in [9.17, 15) is 0 Å². The lowest BCUT2D eigenvalue weighted by Crippen LogP contribution is -2.13. The number of hydrogen-bond donors (Lipinski definition) is 1. The Bertz CT molecular complexity index is 285. The summed E-state index contributed by atoms with van der Waals surface area (Å²) in [4.78, 5) is 2.04. The largest absolute Gasteiger partial charge is 0.312 e. The highest BCUT2D eigenvalue weighted by molar-refractivity contribution is 7.12. The minimum absolute atomic E-state index is 0.798. The predicted molar refractivity (Wildman–Crippen MR) is 55.6 cm³/mol. The van der Waals surface area contributed by atoms with Crippen LogP contribution in [-0.2, 0) is 6.54 Å². The van der Waals surface area contributed by atoms with E-state index < -0.39 is 0 Å². The van der Waals surface area contributed by atoms with E-state index in [0.29, 0.717) is 0 Å². The molecular formula is C10H14N2S. The van der Waals surface area contributed by atoms with Gasteiger partial charge in [0.2, 0.25) is 0 Å². The van der Waals surface area contributed by atoms with E-state index in [2.05, 4.69) is 18.3 Å². The maximum absolute atomic E-state index is 8.60. The normalized spacial score (nSPS) is 9.85. The molecule has 1 aromatic heterocycles. The van der Waals surface area contributed by atoms with Crippen molar-refractivity contribution in [3.8, 4) is 6.07 Å². The first-order valence-corrected chi connectivity index (χ1v) is 5.38. The first-order chi connectivity index (χ1) is 6.36. The molecule has 1 rings (SSSR count). The van der Waals surface area contributed by atoms with Crippen molar-refractivity contribution in [3.05, 3.63) is 21.9 Å². The quantitative estimate of drug-likeness (QED) is 0.731. The molecule has 0 aliphatic carbocycles. The van der Waals surface area contributed by atoms with Crippen LogP contribution in [0.25, 0.3) is 0 Å². The van der Waals surface area contributed by atoms with Gasteiger partial charge < -0.3 is 5.32 Å². The molecular weight excluding hydrogens is 180 g/mol. The maximum Gasteiger partial charge on any atom is 0.110 e. The summed E-state index contributed by atoms with van der Waals surface area (Å²) in [5.41, 5.74) is 0. The summed E-state index contributed by atoms with van der Waals surface area (Å²) in [6.45, 7) is 4.14. The van der Waals surface area contributed by atoms with Crippen molar-refractivity contribution in [2.24, 2.45) is 0 Å². The number of nitriles is 1. The molecule has 2 nitrogen and oxygen atoms in total. The highest BCUT2D eigenvalue weighted by Crippen LogP contribution is 2.14. The van der Waals surface area contributed by atoms with Crippen LogP contribution < -0.4 is 5.32 Å². The second kappa shape index (κ2) is 5.74. The minimum atomic E-state index is 0.798. The highest BCUT2D eigenvalue weighted by atomic mass is 32.1. The van der Waals surface area contributed by atoms with Crippen LogP contribution in [-0.4, -0.2) is 6.54 Å². The van der Waals surface area contributed by atoms with Gasteiger partial charge >= 0.3 is 0 Å². The SMILES string of the molecule is CCCCNCc1ccc(C#N)s1. The Balaban J connectivity index is 2.25. The van der Waals surface area contributed by atoms with Crippen LogP contribution in [0.4, 0.5) is 0 Å². The van der Waals surface area contributed by atoms with Crippen LogP contribution in [0.1, 0.15) is 29.5 Å². The lowest BCUT2D eigenvalue weighted by molar-refractivity contribution is 0.646. The number of hydrogen-bond acceptors (Lipinski definition) is 3. The third-order valence-corrected chi connectivity index (χ3v) is 2.77. The van der Waals surface area contributed by atoms with Crippen LogP contribution in [0.3, 0.4) is 0 Å². The van der Waals surface area contributed by atoms with Gasteiger partial charge in [-0.3, -0.25) is 0 Å². The topological polar surface area (TPSA) is 35.8 Å². The molecule has 0 spiro atoms. The van der Waals surface area contributed by atoms with E-state index in [1.165, 1.54) is 17.7 Å². The maximum atomic E-state index is 8.60. The van der Waals surface area contributed by atoms with Gasteiger partial charge in [0.1, 0.15) is 10.9 Å². The van der Waals surface area contributed by atoms with Gasteiger partial charge in [0.15, 0.2) is 0 Å². The Kier molecular flexibility index (Phi) is 4.52. The van der Waals surface area contributed by atoms with Crippen LogP contribution in [0.15, 0.2) is 12.1 Å². The third-order valence-electron chi connectivity index (χ3n) is 1.78. The van der Waals surface area contributed by atoms with Gasteiger partial charge in [-0.25, -0.2) is 0 Å². The fourth-order valence-electron chi connectivity index (χ4n) is 1.05. The van der Waals surface area contributed by atoms with E-state index in [1.54, 1.807) is 11.3 Å². The Morgan fingerprint density at radius 1 is 1.54 bits per heavy atom. The molecule has 0 unspecified atom stereocenters. The van der Waals surface area contributed by atoms with Gasteiger partial charge in [-0.1, -0.05) is 13.3 Å². The second-order valence-electron chi connectivity index (χ2n) is 2.91. The highest BCUT2D eigenvalue weighted by Gasteiger charge is 1.97. The zero-order valence-electron chi connectivity index (χ0n) is 7.84. The smallest absolute Gasteiger partial charge is 0.110 e. The Labute approximate surface area is 83.2 Å². The van der Waals surface area contributed by atoms with E-state index in [-0.39, 0.29) is 0 Å². The Morgan fingerprint density at radius 3 is 3.00 bits per heavy atom. The summed E-state index contributed by atoms with van der Waals surface area (Å²) in [6.07, 6.45) is 2.44. The van der Waals surface area contributed by atoms with Crippen molar-refractivity contribution >= 4 is 11.3 Å². The van der Waals surface area contributed by atoms with Crippen LogP contribution >= 0.6 is 11.3 Å². The lowest BCUT2D eigenvalue weighted by atomic mass is 10.3. The zero-order chi connectivity index (χ0) is 9.52. The van der Waals surface area contributed by atoms with Crippen LogP contribution in [0.5, 0.6) is 0 Å². The number of nitrogens with zero attached hydrogens (tertiary/aromatic N) is 1. The van der Waals surface area contributed by atoms with Crippen LogP contribution in [0.2, 0.25) is 0 Å². The summed E-state index contributed by atoms with van der Waals surface area (Å²) >= 11 is 1.57. The molecule has 1 N–H and O–H groups in total. The van der Waals surface area contributed by atoms with Gasteiger partial charge in [0, 0.05) is 11.4 Å². The minimum Gasteiger partial charge on any atom is -0.312 e. The average Bonchev–Trinajstić information content (AvgIpc) is 2.60. The molecule has 1 heterocycles. The molecule has 0 atom stereocenters. The van der Waals surface area contributed by atoms with Gasteiger partial charge in [-0.2, -0.15) is 5.26 Å². The molecule has 0 aliphatic rings. The van der Waals surface area contributed by atoms with E-state index >= 15 is 0 Å². The number of nitrogens with one attached hydrogen (secondary N) is 1. The van der Waals surface area contributed by atoms with Gasteiger partial charge in [-0.15, -0.1) is 11.3 Å². The van der Waals surface area contributed by atoms with E-state index in [1.807, 2.05) is 12.1 Å². The first-order valence-electron chi connectivity index (χ1n) is 4.56. The first kappa shape index (κ1) is 10.2. The lowest BCUT2D eigenvalue weighted by Gasteiger charge is -1.99. The molecule has 0 aromatic carbocycles. The molecule has 0 radical (unpaired) electrons. The number of rotatable bonds is 5. The molecule has 3 heteroatoms. The molecule has 0 bridgehead atoms. The summed E-state index contributed by atoms with van der Waals surface area (Å²) in [7, 11) is 0. The summed E-state index contributed by atoms with van der Waals surface area (Å²) in [5, 5.41) is 11.9. The Morgan fingerprint density at radius 2 is 2.38 bits per heavy atom. The fraction of sp³-hybridized carbons (Fsp3) is 0.500. The number of unbranched alkanes of at least 4 members (excludes halogenated alkanes) is 1. The molecule has 13 heavy (non-hydrogen) atoms. The van der Waals surface area contributed by atoms with Crippen molar-refractivity contribution in [2.75, 3.05) is 6.54 Å². The molecule has 0 saturated carbocycles.